The molecular weight excluding hydrogens is 362 g/mol. The van der Waals surface area contributed by atoms with Gasteiger partial charge in [0, 0.05) is 30.4 Å². The molecule has 0 aliphatic heterocycles. The topological polar surface area (TPSA) is 75.4 Å². The van der Waals surface area contributed by atoms with Gasteiger partial charge in [-0.25, -0.2) is 8.42 Å². The molecule has 0 saturated heterocycles. The summed E-state index contributed by atoms with van der Waals surface area (Å²) in [6.07, 6.45) is 6.52. The first-order valence-corrected chi connectivity index (χ1v) is 11.2. The molecule has 0 amide bonds. The van der Waals surface area contributed by atoms with E-state index in [2.05, 4.69) is 5.10 Å². The number of hydrogen-bond acceptors (Lipinski definition) is 4. The molecule has 0 atom stereocenters. The molecule has 1 N–H and O–H groups in total. The molecule has 27 heavy (non-hydrogen) atoms. The van der Waals surface area contributed by atoms with Gasteiger partial charge in [0.15, 0.2) is 0 Å². The molecule has 2 aromatic rings. The molecule has 7 heteroatoms. The minimum atomic E-state index is -3.76. The second kappa shape index (κ2) is 8.54. The molecule has 1 aliphatic rings. The van der Waals surface area contributed by atoms with Crippen LogP contribution in [0.15, 0.2) is 41.4 Å². The lowest BCUT2D eigenvalue weighted by Crippen LogP contribution is -2.43. The number of aromatic nitrogens is 2. The minimum Gasteiger partial charge on any atom is -0.395 e. The summed E-state index contributed by atoms with van der Waals surface area (Å²) in [5, 5.41) is 14.1. The van der Waals surface area contributed by atoms with Gasteiger partial charge in [0.25, 0.3) is 0 Å². The molecule has 1 heterocycles. The lowest BCUT2D eigenvalue weighted by Gasteiger charge is -2.32. The average Bonchev–Trinajstić information content (AvgIpc) is 3.14. The van der Waals surface area contributed by atoms with E-state index in [0.717, 1.165) is 37.7 Å². The second-order valence-electron chi connectivity index (χ2n) is 7.41. The zero-order chi connectivity index (χ0) is 19.4. The van der Waals surface area contributed by atoms with Crippen molar-refractivity contribution in [2.45, 2.75) is 62.9 Å². The summed E-state index contributed by atoms with van der Waals surface area (Å²) in [5.74, 6) is 0. The van der Waals surface area contributed by atoms with E-state index < -0.39 is 10.0 Å². The summed E-state index contributed by atoms with van der Waals surface area (Å²) >= 11 is 0. The molecule has 148 valence electrons. The summed E-state index contributed by atoms with van der Waals surface area (Å²) in [4.78, 5) is 0.224. The predicted molar refractivity (Wildman–Crippen MR) is 106 cm³/mol. The summed E-state index contributed by atoms with van der Waals surface area (Å²) in [6, 6.07) is 9.42. The third kappa shape index (κ3) is 4.25. The minimum absolute atomic E-state index is 0.0531. The van der Waals surface area contributed by atoms with Crippen molar-refractivity contribution in [1.29, 1.82) is 0 Å². The lowest BCUT2D eigenvalue weighted by atomic mass is 9.95. The van der Waals surface area contributed by atoms with Crippen molar-refractivity contribution in [2.75, 3.05) is 13.2 Å². The highest BCUT2D eigenvalue weighted by molar-refractivity contribution is 7.89. The highest BCUT2D eigenvalue weighted by atomic mass is 32.2. The first-order chi connectivity index (χ1) is 12.9. The SMILES string of the molecule is CC(C)n1cc(S(=O)(=O)N(CCO)C2CCCCC2)c(-c2ccccc2)n1. The van der Waals surface area contributed by atoms with Crippen LogP contribution in [0.5, 0.6) is 0 Å². The average molecular weight is 392 g/mol. The van der Waals surface area contributed by atoms with Gasteiger partial charge in [-0.15, -0.1) is 0 Å². The molecule has 3 rings (SSSR count). The Bertz CT molecular complexity index is 841. The van der Waals surface area contributed by atoms with Crippen molar-refractivity contribution >= 4 is 10.0 Å². The van der Waals surface area contributed by atoms with Gasteiger partial charge in [0.2, 0.25) is 10.0 Å². The van der Waals surface area contributed by atoms with E-state index in [1.807, 2.05) is 44.2 Å². The van der Waals surface area contributed by atoms with Gasteiger partial charge in [-0.05, 0) is 26.7 Å². The lowest BCUT2D eigenvalue weighted by molar-refractivity contribution is 0.199. The Morgan fingerprint density at radius 3 is 2.44 bits per heavy atom. The van der Waals surface area contributed by atoms with Crippen LogP contribution in [0.1, 0.15) is 52.0 Å². The fourth-order valence-electron chi connectivity index (χ4n) is 3.72. The maximum absolute atomic E-state index is 13.6. The Kier molecular flexibility index (Phi) is 6.34. The molecule has 0 radical (unpaired) electrons. The Hall–Kier alpha value is -1.70. The van der Waals surface area contributed by atoms with Gasteiger partial charge < -0.3 is 5.11 Å². The van der Waals surface area contributed by atoms with Crippen molar-refractivity contribution in [1.82, 2.24) is 14.1 Å². The van der Waals surface area contributed by atoms with Crippen molar-refractivity contribution in [3.05, 3.63) is 36.5 Å². The number of aliphatic hydroxyl groups excluding tert-OH is 1. The van der Waals surface area contributed by atoms with Crippen LogP contribution in [-0.2, 0) is 10.0 Å². The highest BCUT2D eigenvalue weighted by Gasteiger charge is 2.35. The largest absolute Gasteiger partial charge is 0.395 e. The van der Waals surface area contributed by atoms with E-state index in [-0.39, 0.29) is 30.1 Å². The standard InChI is InChI=1S/C20H29N3O3S/c1-16(2)22-15-19(20(21-22)17-9-5-3-6-10-17)27(25,26)23(13-14-24)18-11-7-4-8-12-18/h3,5-6,9-10,15-16,18,24H,4,7-8,11-14H2,1-2H3. The van der Waals surface area contributed by atoms with E-state index >= 15 is 0 Å². The van der Waals surface area contributed by atoms with Crippen LogP contribution in [0.4, 0.5) is 0 Å². The summed E-state index contributed by atoms with van der Waals surface area (Å²) in [7, 11) is -3.76. The molecule has 1 aliphatic carbocycles. The molecule has 0 unspecified atom stereocenters. The number of benzene rings is 1. The van der Waals surface area contributed by atoms with Crippen LogP contribution >= 0.6 is 0 Å². The van der Waals surface area contributed by atoms with Crippen LogP contribution in [0.3, 0.4) is 0 Å². The molecule has 1 aromatic heterocycles. The van der Waals surface area contributed by atoms with Crippen molar-refractivity contribution in [3.8, 4) is 11.3 Å². The number of hydrogen-bond donors (Lipinski definition) is 1. The Morgan fingerprint density at radius 1 is 1.19 bits per heavy atom. The van der Waals surface area contributed by atoms with Gasteiger partial charge in [-0.3, -0.25) is 4.68 Å². The van der Waals surface area contributed by atoms with E-state index in [0.29, 0.717) is 5.69 Å². The third-order valence-corrected chi connectivity index (χ3v) is 7.12. The first-order valence-electron chi connectivity index (χ1n) is 9.72. The van der Waals surface area contributed by atoms with Crippen LogP contribution in [0.2, 0.25) is 0 Å². The number of aliphatic hydroxyl groups is 1. The van der Waals surface area contributed by atoms with Crippen molar-refractivity contribution in [3.63, 3.8) is 0 Å². The molecule has 1 aromatic carbocycles. The monoisotopic (exact) mass is 391 g/mol. The van der Waals surface area contributed by atoms with Crippen LogP contribution in [0, 0.1) is 0 Å². The number of nitrogens with zero attached hydrogens (tertiary/aromatic N) is 3. The van der Waals surface area contributed by atoms with Gasteiger partial charge in [0.05, 0.1) is 6.61 Å². The maximum Gasteiger partial charge on any atom is 0.247 e. The van der Waals surface area contributed by atoms with E-state index in [1.165, 1.54) is 4.31 Å². The van der Waals surface area contributed by atoms with Gasteiger partial charge in [-0.2, -0.15) is 9.40 Å². The molecule has 0 spiro atoms. The predicted octanol–water partition coefficient (Wildman–Crippen LogP) is 3.45. The molecule has 0 bridgehead atoms. The zero-order valence-corrected chi connectivity index (χ0v) is 16.9. The normalized spacial score (nSPS) is 16.3. The van der Waals surface area contributed by atoms with Crippen LogP contribution < -0.4 is 0 Å². The quantitative estimate of drug-likeness (QED) is 0.784. The summed E-state index contributed by atoms with van der Waals surface area (Å²) in [5.41, 5.74) is 1.26. The molecule has 1 saturated carbocycles. The zero-order valence-electron chi connectivity index (χ0n) is 16.1. The highest BCUT2D eigenvalue weighted by Crippen LogP contribution is 2.33. The third-order valence-electron chi connectivity index (χ3n) is 5.16. The summed E-state index contributed by atoms with van der Waals surface area (Å²) < 4.78 is 30.4. The van der Waals surface area contributed by atoms with Gasteiger partial charge >= 0.3 is 0 Å². The van der Waals surface area contributed by atoms with E-state index in [9.17, 15) is 13.5 Å². The molecule has 6 nitrogen and oxygen atoms in total. The number of rotatable bonds is 7. The first kappa shape index (κ1) is 20.0. The molecular formula is C20H29N3O3S. The van der Waals surface area contributed by atoms with E-state index in [4.69, 9.17) is 0 Å². The van der Waals surface area contributed by atoms with Crippen LogP contribution in [0.25, 0.3) is 11.3 Å². The number of sulfonamides is 1. The van der Waals surface area contributed by atoms with E-state index in [1.54, 1.807) is 10.9 Å². The summed E-state index contributed by atoms with van der Waals surface area (Å²) in [6.45, 7) is 3.89. The second-order valence-corrected chi connectivity index (χ2v) is 9.27. The Labute approximate surface area is 161 Å². The fourth-order valence-corrected chi connectivity index (χ4v) is 5.54. The maximum atomic E-state index is 13.6. The van der Waals surface area contributed by atoms with Crippen molar-refractivity contribution in [2.24, 2.45) is 0 Å². The Morgan fingerprint density at radius 2 is 1.85 bits per heavy atom. The van der Waals surface area contributed by atoms with Crippen LogP contribution in [-0.4, -0.2) is 46.8 Å². The smallest absolute Gasteiger partial charge is 0.247 e. The fraction of sp³-hybridized carbons (Fsp3) is 0.550. The van der Waals surface area contributed by atoms with Gasteiger partial charge in [-0.1, -0.05) is 49.6 Å². The van der Waals surface area contributed by atoms with Gasteiger partial charge in [0.1, 0.15) is 10.6 Å². The molecule has 1 fully saturated rings. The Balaban J connectivity index is 2.08. The van der Waals surface area contributed by atoms with Crippen molar-refractivity contribution < 1.29 is 13.5 Å².